The van der Waals surface area contributed by atoms with Gasteiger partial charge in [-0.25, -0.2) is 5.56 Å². The summed E-state index contributed by atoms with van der Waals surface area (Å²) < 4.78 is 0. The number of aliphatic hydroxyl groups excluding tert-OH is 1. The van der Waals surface area contributed by atoms with Crippen LogP contribution in [0.2, 0.25) is 0 Å². The Hall–Kier alpha value is -2.22. The SMILES string of the molecule is CC(=O)/C=C(/C)O.[Ir].[c-]1ccccc1-c1[c-]c2ccccc2cc1. The number of carbonyl (C=O) groups is 1. The van der Waals surface area contributed by atoms with Gasteiger partial charge in [0.05, 0.1) is 5.76 Å². The number of fused-ring (bicyclic) bond motifs is 1. The van der Waals surface area contributed by atoms with Gasteiger partial charge in [0.15, 0.2) is 5.78 Å². The van der Waals surface area contributed by atoms with Gasteiger partial charge >= 0.3 is 0 Å². The van der Waals surface area contributed by atoms with Crippen LogP contribution in [0.5, 0.6) is 0 Å². The minimum Gasteiger partial charge on any atom is -0.512 e. The second-order valence-corrected chi connectivity index (χ2v) is 5.13. The van der Waals surface area contributed by atoms with Crippen molar-refractivity contribution in [3.63, 3.8) is 0 Å². The van der Waals surface area contributed by atoms with Crippen molar-refractivity contribution in [3.8, 4) is 11.1 Å². The Bertz CT molecular complexity index is 819. The first kappa shape index (κ1) is 19.8. The Morgan fingerprint density at radius 3 is 2.25 bits per heavy atom. The molecule has 125 valence electrons. The predicted octanol–water partition coefficient (Wildman–Crippen LogP) is 5.14. The van der Waals surface area contributed by atoms with Gasteiger partial charge in [-0.1, -0.05) is 23.6 Å². The molecule has 0 aliphatic rings. The summed E-state index contributed by atoms with van der Waals surface area (Å²) in [6, 6.07) is 27.1. The normalized spacial score (nSPS) is 10.3. The van der Waals surface area contributed by atoms with Crippen molar-refractivity contribution in [2.45, 2.75) is 13.8 Å². The van der Waals surface area contributed by atoms with Gasteiger partial charge in [-0.3, -0.25) is 4.79 Å². The Kier molecular flexibility index (Phi) is 8.11. The molecule has 24 heavy (non-hydrogen) atoms. The maximum absolute atomic E-state index is 10.0. The molecule has 1 N–H and O–H groups in total. The van der Waals surface area contributed by atoms with Crippen molar-refractivity contribution in [1.82, 2.24) is 0 Å². The zero-order chi connectivity index (χ0) is 16.7. The van der Waals surface area contributed by atoms with Crippen LogP contribution in [0.1, 0.15) is 13.8 Å². The second-order valence-electron chi connectivity index (χ2n) is 5.13. The summed E-state index contributed by atoms with van der Waals surface area (Å²) in [5.41, 5.74) is 2.19. The van der Waals surface area contributed by atoms with Crippen LogP contribution in [0.4, 0.5) is 0 Å². The minimum atomic E-state index is -0.125. The van der Waals surface area contributed by atoms with Crippen molar-refractivity contribution in [2.75, 3.05) is 0 Å². The van der Waals surface area contributed by atoms with Gasteiger partial charge in [0.2, 0.25) is 0 Å². The van der Waals surface area contributed by atoms with Gasteiger partial charge in [0, 0.05) is 26.2 Å². The summed E-state index contributed by atoms with van der Waals surface area (Å²) in [5, 5.41) is 10.7. The maximum Gasteiger partial charge on any atom is 0.155 e. The zero-order valence-corrected chi connectivity index (χ0v) is 15.9. The average Bonchev–Trinajstić information content (AvgIpc) is 2.54. The Balaban J connectivity index is 0.000000312. The molecule has 3 aromatic carbocycles. The van der Waals surface area contributed by atoms with E-state index < -0.39 is 0 Å². The van der Waals surface area contributed by atoms with Crippen molar-refractivity contribution in [1.29, 1.82) is 0 Å². The number of ketones is 1. The van der Waals surface area contributed by atoms with E-state index in [0.29, 0.717) is 0 Å². The molecule has 0 aliphatic heterocycles. The molecule has 0 aliphatic carbocycles. The molecule has 0 aromatic heterocycles. The van der Waals surface area contributed by atoms with E-state index >= 15 is 0 Å². The van der Waals surface area contributed by atoms with Crippen LogP contribution in [0, 0.1) is 12.1 Å². The molecule has 0 spiro atoms. The quantitative estimate of drug-likeness (QED) is 0.304. The van der Waals surface area contributed by atoms with Crippen LogP contribution >= 0.6 is 0 Å². The Morgan fingerprint density at radius 1 is 0.958 bits per heavy atom. The van der Waals surface area contributed by atoms with Gasteiger partial charge in [-0.2, -0.15) is 42.0 Å². The summed E-state index contributed by atoms with van der Waals surface area (Å²) in [7, 11) is 0. The van der Waals surface area contributed by atoms with Gasteiger partial charge < -0.3 is 5.11 Å². The summed E-state index contributed by atoms with van der Waals surface area (Å²) >= 11 is 0. The number of hydrogen-bond donors (Lipinski definition) is 1. The van der Waals surface area contributed by atoms with E-state index in [9.17, 15) is 4.79 Å². The van der Waals surface area contributed by atoms with Crippen LogP contribution in [0.3, 0.4) is 0 Å². The third-order valence-corrected chi connectivity index (χ3v) is 3.07. The molecule has 3 rings (SSSR count). The van der Waals surface area contributed by atoms with E-state index in [0.717, 1.165) is 16.5 Å². The maximum atomic E-state index is 10.0. The van der Waals surface area contributed by atoms with Crippen LogP contribution < -0.4 is 0 Å². The summed E-state index contributed by atoms with van der Waals surface area (Å²) in [5.74, 6) is -0.0625. The van der Waals surface area contributed by atoms with Gasteiger partial charge in [-0.15, -0.1) is 23.6 Å². The summed E-state index contributed by atoms with van der Waals surface area (Å²) in [6.45, 7) is 2.85. The fraction of sp³-hybridized carbons (Fsp3) is 0.0952. The Morgan fingerprint density at radius 2 is 1.67 bits per heavy atom. The molecule has 3 aromatic rings. The van der Waals surface area contributed by atoms with Crippen LogP contribution in [0.15, 0.2) is 72.5 Å². The van der Waals surface area contributed by atoms with E-state index in [2.05, 4.69) is 42.5 Å². The number of rotatable bonds is 2. The van der Waals surface area contributed by atoms with Crippen molar-refractivity contribution in [3.05, 3.63) is 84.6 Å². The van der Waals surface area contributed by atoms with E-state index in [1.165, 1.54) is 25.3 Å². The van der Waals surface area contributed by atoms with E-state index in [1.54, 1.807) is 0 Å². The number of hydrogen-bond acceptors (Lipinski definition) is 2. The first-order valence-electron chi connectivity index (χ1n) is 7.32. The Labute approximate surface area is 156 Å². The molecule has 1 radical (unpaired) electrons. The molecule has 3 heteroatoms. The fourth-order valence-corrected chi connectivity index (χ4v) is 2.13. The standard InChI is InChI=1S/C16H10.C5H8O2.Ir/c1-2-6-13(7-3-1)16-11-10-14-8-4-5-9-15(14)12-16;1-4(6)3-5(2)7;/h1-6,8-11H;3,6H,1-2H3;/q-2;;/b;4-3-;. The molecule has 0 fully saturated rings. The molecule has 0 atom stereocenters. The average molecular weight is 495 g/mol. The fourth-order valence-electron chi connectivity index (χ4n) is 2.13. The predicted molar refractivity (Wildman–Crippen MR) is 94.1 cm³/mol. The monoisotopic (exact) mass is 495 g/mol. The first-order valence-corrected chi connectivity index (χ1v) is 7.32. The van der Waals surface area contributed by atoms with Crippen LogP contribution in [-0.2, 0) is 24.9 Å². The summed E-state index contributed by atoms with van der Waals surface area (Å²) in [4.78, 5) is 10.0. The van der Waals surface area contributed by atoms with E-state index in [-0.39, 0.29) is 31.6 Å². The molecule has 2 nitrogen and oxygen atoms in total. The zero-order valence-electron chi connectivity index (χ0n) is 13.5. The molecular formula is C21H18IrO2-2. The molecule has 0 heterocycles. The number of carbonyl (C=O) groups excluding carboxylic acids is 1. The van der Waals surface area contributed by atoms with Crippen molar-refractivity contribution < 1.29 is 30.0 Å². The molecule has 0 saturated heterocycles. The minimum absolute atomic E-state index is 0. The second kappa shape index (κ2) is 9.82. The van der Waals surface area contributed by atoms with E-state index in [4.69, 9.17) is 5.11 Å². The first-order chi connectivity index (χ1) is 11.1. The molecule has 0 saturated carbocycles. The topological polar surface area (TPSA) is 37.3 Å². The van der Waals surface area contributed by atoms with Crippen molar-refractivity contribution >= 4 is 16.6 Å². The third kappa shape index (κ3) is 6.11. The number of allylic oxidation sites excluding steroid dienone is 2. The molecule has 0 bridgehead atoms. The number of benzene rings is 3. The van der Waals surface area contributed by atoms with Crippen LogP contribution in [0.25, 0.3) is 21.9 Å². The largest absolute Gasteiger partial charge is 0.512 e. The summed E-state index contributed by atoms with van der Waals surface area (Å²) in [6.07, 6.45) is 1.17. The van der Waals surface area contributed by atoms with Gasteiger partial charge in [0.25, 0.3) is 0 Å². The molecule has 0 unspecified atom stereocenters. The third-order valence-electron chi connectivity index (χ3n) is 3.07. The molecular weight excluding hydrogens is 476 g/mol. The number of aliphatic hydroxyl groups is 1. The van der Waals surface area contributed by atoms with Crippen molar-refractivity contribution in [2.24, 2.45) is 0 Å². The van der Waals surface area contributed by atoms with E-state index in [1.807, 2.05) is 30.3 Å². The smallest absolute Gasteiger partial charge is 0.155 e. The van der Waals surface area contributed by atoms with Gasteiger partial charge in [-0.05, 0) is 13.8 Å². The van der Waals surface area contributed by atoms with Crippen LogP contribution in [-0.4, -0.2) is 10.9 Å². The van der Waals surface area contributed by atoms with Gasteiger partial charge in [0.1, 0.15) is 0 Å². The molecule has 0 amide bonds.